The van der Waals surface area contributed by atoms with Gasteiger partial charge in [-0.25, -0.2) is 0 Å². The second kappa shape index (κ2) is 6.72. The van der Waals surface area contributed by atoms with Crippen LogP contribution >= 0.6 is 11.8 Å². The number of nitrogens with zero attached hydrogens (tertiary/aromatic N) is 1. The van der Waals surface area contributed by atoms with Crippen LogP contribution in [-0.4, -0.2) is 23.5 Å². The summed E-state index contributed by atoms with van der Waals surface area (Å²) < 4.78 is 0. The lowest BCUT2D eigenvalue weighted by Gasteiger charge is -2.40. The number of aliphatic imine (C=N–C) groups is 1. The molecule has 2 nitrogen and oxygen atoms in total. The van der Waals surface area contributed by atoms with Crippen LogP contribution in [0.15, 0.2) is 4.99 Å². The fraction of sp³-hybridized carbons (Fsp3) is 0.941. The third-order valence-electron chi connectivity index (χ3n) is 5.73. The SMILES string of the molecule is CCC1CCCCC1NC1=NCC2(CCCCC2)CS1. The van der Waals surface area contributed by atoms with Crippen LogP contribution in [0.3, 0.4) is 0 Å². The molecule has 3 heteroatoms. The summed E-state index contributed by atoms with van der Waals surface area (Å²) in [6.45, 7) is 3.43. The lowest BCUT2D eigenvalue weighted by atomic mass is 9.75. The highest BCUT2D eigenvalue weighted by Crippen LogP contribution is 2.42. The molecule has 0 aromatic carbocycles. The number of thioether (sulfide) groups is 1. The van der Waals surface area contributed by atoms with Gasteiger partial charge in [-0.15, -0.1) is 0 Å². The molecule has 1 aliphatic heterocycles. The van der Waals surface area contributed by atoms with E-state index in [1.807, 2.05) is 11.8 Å². The Hall–Kier alpha value is -0.180. The summed E-state index contributed by atoms with van der Waals surface area (Å²) in [6, 6.07) is 0.695. The van der Waals surface area contributed by atoms with Gasteiger partial charge in [-0.1, -0.05) is 57.2 Å². The van der Waals surface area contributed by atoms with Gasteiger partial charge in [0.25, 0.3) is 0 Å². The van der Waals surface area contributed by atoms with Crippen LogP contribution in [0.2, 0.25) is 0 Å². The summed E-state index contributed by atoms with van der Waals surface area (Å²) in [4.78, 5) is 4.94. The molecule has 2 fully saturated rings. The zero-order valence-electron chi connectivity index (χ0n) is 13.0. The molecule has 1 spiro atoms. The molecule has 0 saturated heterocycles. The van der Waals surface area contributed by atoms with Gasteiger partial charge in [-0.05, 0) is 37.0 Å². The van der Waals surface area contributed by atoms with E-state index in [-0.39, 0.29) is 0 Å². The molecule has 3 aliphatic rings. The van der Waals surface area contributed by atoms with Crippen LogP contribution in [0.4, 0.5) is 0 Å². The van der Waals surface area contributed by atoms with Gasteiger partial charge in [0, 0.05) is 18.3 Å². The highest BCUT2D eigenvalue weighted by molar-refractivity contribution is 8.13. The van der Waals surface area contributed by atoms with Crippen molar-refractivity contribution in [2.45, 2.75) is 77.2 Å². The van der Waals surface area contributed by atoms with Crippen molar-refractivity contribution in [2.75, 3.05) is 12.3 Å². The summed E-state index contributed by atoms with van der Waals surface area (Å²) in [5, 5.41) is 5.05. The van der Waals surface area contributed by atoms with E-state index in [1.165, 1.54) is 75.1 Å². The minimum atomic E-state index is 0.560. The molecule has 0 aromatic rings. The average molecular weight is 295 g/mol. The zero-order valence-corrected chi connectivity index (χ0v) is 13.8. The van der Waals surface area contributed by atoms with Crippen molar-refractivity contribution in [2.24, 2.45) is 16.3 Å². The maximum Gasteiger partial charge on any atom is 0.156 e. The second-order valence-corrected chi connectivity index (χ2v) is 8.14. The molecule has 0 amide bonds. The zero-order chi connectivity index (χ0) is 13.8. The second-order valence-electron chi connectivity index (χ2n) is 7.17. The monoisotopic (exact) mass is 294 g/mol. The Kier molecular flexibility index (Phi) is 4.95. The van der Waals surface area contributed by atoms with Gasteiger partial charge < -0.3 is 5.32 Å². The molecule has 1 N–H and O–H groups in total. The van der Waals surface area contributed by atoms with Crippen LogP contribution in [0.1, 0.15) is 71.1 Å². The lowest BCUT2D eigenvalue weighted by Crippen LogP contribution is -2.44. The van der Waals surface area contributed by atoms with E-state index in [2.05, 4.69) is 12.2 Å². The predicted octanol–water partition coefficient (Wildman–Crippen LogP) is 4.60. The van der Waals surface area contributed by atoms with E-state index in [1.54, 1.807) is 0 Å². The molecule has 2 aliphatic carbocycles. The Bertz CT molecular complexity index is 347. The smallest absolute Gasteiger partial charge is 0.156 e. The van der Waals surface area contributed by atoms with Crippen molar-refractivity contribution >= 4 is 16.9 Å². The van der Waals surface area contributed by atoms with Gasteiger partial charge in [-0.2, -0.15) is 0 Å². The molecule has 0 radical (unpaired) electrons. The standard InChI is InChI=1S/C17H30N2S/c1-2-14-8-4-5-9-15(14)19-16-18-12-17(13-20-16)10-6-3-7-11-17/h14-15H,2-13H2,1H3,(H,18,19). The molecule has 2 unspecified atom stereocenters. The maximum atomic E-state index is 4.94. The van der Waals surface area contributed by atoms with E-state index >= 15 is 0 Å². The number of hydrogen-bond donors (Lipinski definition) is 1. The topological polar surface area (TPSA) is 24.4 Å². The van der Waals surface area contributed by atoms with Crippen LogP contribution in [0, 0.1) is 11.3 Å². The number of nitrogens with one attached hydrogen (secondary N) is 1. The lowest BCUT2D eigenvalue weighted by molar-refractivity contribution is 0.231. The third kappa shape index (κ3) is 3.35. The van der Waals surface area contributed by atoms with E-state index in [0.717, 1.165) is 12.5 Å². The Balaban J connectivity index is 1.56. The van der Waals surface area contributed by atoms with Crippen LogP contribution in [0.25, 0.3) is 0 Å². The first-order chi connectivity index (χ1) is 9.81. The van der Waals surface area contributed by atoms with Crippen molar-refractivity contribution in [3.8, 4) is 0 Å². The largest absolute Gasteiger partial charge is 0.362 e. The maximum absolute atomic E-state index is 4.94. The predicted molar refractivity (Wildman–Crippen MR) is 89.5 cm³/mol. The van der Waals surface area contributed by atoms with E-state index in [9.17, 15) is 0 Å². The number of hydrogen-bond acceptors (Lipinski definition) is 3. The first-order valence-corrected chi connectivity index (χ1v) is 9.74. The summed E-state index contributed by atoms with van der Waals surface area (Å²) in [6.07, 6.45) is 14.0. The van der Waals surface area contributed by atoms with E-state index in [4.69, 9.17) is 4.99 Å². The molecular formula is C17H30N2S. The fourth-order valence-electron chi connectivity index (χ4n) is 4.29. The normalized spacial score (nSPS) is 33.8. The molecule has 0 bridgehead atoms. The first kappa shape index (κ1) is 14.7. The van der Waals surface area contributed by atoms with Crippen LogP contribution < -0.4 is 5.32 Å². The van der Waals surface area contributed by atoms with Crippen LogP contribution in [-0.2, 0) is 0 Å². The molecule has 0 aromatic heterocycles. The molecule has 114 valence electrons. The first-order valence-electron chi connectivity index (χ1n) is 8.75. The van der Waals surface area contributed by atoms with E-state index < -0.39 is 0 Å². The van der Waals surface area contributed by atoms with Crippen molar-refractivity contribution in [3.63, 3.8) is 0 Å². The number of amidine groups is 1. The van der Waals surface area contributed by atoms with Gasteiger partial charge in [-0.3, -0.25) is 4.99 Å². The molecule has 3 rings (SSSR count). The van der Waals surface area contributed by atoms with Gasteiger partial charge in [0.15, 0.2) is 5.17 Å². The van der Waals surface area contributed by atoms with Crippen molar-refractivity contribution < 1.29 is 0 Å². The molecular weight excluding hydrogens is 264 g/mol. The quantitative estimate of drug-likeness (QED) is 0.805. The Morgan fingerprint density at radius 3 is 2.65 bits per heavy atom. The molecule has 20 heavy (non-hydrogen) atoms. The summed E-state index contributed by atoms with van der Waals surface area (Å²) >= 11 is 2.01. The number of rotatable bonds is 2. The minimum absolute atomic E-state index is 0.560. The van der Waals surface area contributed by atoms with Crippen molar-refractivity contribution in [1.29, 1.82) is 0 Å². The molecule has 2 saturated carbocycles. The van der Waals surface area contributed by atoms with Crippen LogP contribution in [0.5, 0.6) is 0 Å². The van der Waals surface area contributed by atoms with Gasteiger partial charge in [0.2, 0.25) is 0 Å². The van der Waals surface area contributed by atoms with Gasteiger partial charge in [0.1, 0.15) is 0 Å². The average Bonchev–Trinajstić information content (AvgIpc) is 2.51. The fourth-order valence-corrected chi connectivity index (χ4v) is 5.50. The summed E-state index contributed by atoms with van der Waals surface area (Å²) in [5.74, 6) is 2.18. The van der Waals surface area contributed by atoms with Gasteiger partial charge in [0.05, 0.1) is 0 Å². The highest BCUT2D eigenvalue weighted by atomic mass is 32.2. The van der Waals surface area contributed by atoms with Crippen molar-refractivity contribution in [1.82, 2.24) is 5.32 Å². The third-order valence-corrected chi connectivity index (χ3v) is 7.01. The molecule has 2 atom stereocenters. The van der Waals surface area contributed by atoms with Gasteiger partial charge >= 0.3 is 0 Å². The molecule has 1 heterocycles. The van der Waals surface area contributed by atoms with E-state index in [0.29, 0.717) is 11.5 Å². The minimum Gasteiger partial charge on any atom is -0.362 e. The van der Waals surface area contributed by atoms with Crippen molar-refractivity contribution in [3.05, 3.63) is 0 Å². The Morgan fingerprint density at radius 2 is 1.95 bits per heavy atom. The Morgan fingerprint density at radius 1 is 1.15 bits per heavy atom. The summed E-state index contributed by atoms with van der Waals surface area (Å²) in [5.41, 5.74) is 0.560. The summed E-state index contributed by atoms with van der Waals surface area (Å²) in [7, 11) is 0. The highest BCUT2D eigenvalue weighted by Gasteiger charge is 2.35. The Labute approximate surface area is 128 Å².